The van der Waals surface area contributed by atoms with E-state index in [1.165, 1.54) is 0 Å². The van der Waals surface area contributed by atoms with Crippen LogP contribution in [0.2, 0.25) is 5.02 Å². The summed E-state index contributed by atoms with van der Waals surface area (Å²) in [5, 5.41) is -0.335. The number of methoxy groups -OCH3 is 1. The van der Waals surface area contributed by atoms with Gasteiger partial charge in [0, 0.05) is 69.6 Å². The molecule has 294 valence electrons. The lowest BCUT2D eigenvalue weighted by Gasteiger charge is -2.52. The van der Waals surface area contributed by atoms with Crippen LogP contribution in [-0.4, -0.2) is 114 Å². The standard InChI is InChI=1S/C40H53ClN4O7S2/c1-28-7-6-15-40(51-3,27-43-17-18-44-19-20-53(47,48)26-35(44)24-43)36-13-10-32(36)23-45-16-5-4-8-30-21-34(41)12-9-33(30)25-52-38-14-11-31(22-37(38)45)39(46)42-54(49,50)29(28)2/h6,9,11-12,14-15,21-22,29,32,35-36H,1,4-5,7-8,10,13,16-20,23-27H2,2-3H3,(H,42,46)/b15-6+/t29?,32-,35+,36+,40-/m0/s1. The van der Waals surface area contributed by atoms with Crippen molar-refractivity contribution in [3.05, 3.63) is 82.4 Å². The van der Waals surface area contributed by atoms with Gasteiger partial charge in [-0.05, 0) is 98.7 Å². The Morgan fingerprint density at radius 3 is 2.63 bits per heavy atom. The summed E-state index contributed by atoms with van der Waals surface area (Å²) in [5.41, 5.74) is 2.94. The van der Waals surface area contributed by atoms with Crippen molar-refractivity contribution in [3.63, 3.8) is 0 Å². The molecule has 1 unspecified atom stereocenters. The zero-order valence-electron chi connectivity index (χ0n) is 31.3. The number of nitrogens with zero attached hydrogens (tertiary/aromatic N) is 3. The van der Waals surface area contributed by atoms with E-state index in [2.05, 4.69) is 32.1 Å². The molecule has 0 radical (unpaired) electrons. The van der Waals surface area contributed by atoms with Crippen LogP contribution in [0.25, 0.3) is 0 Å². The van der Waals surface area contributed by atoms with Gasteiger partial charge in [-0.15, -0.1) is 0 Å². The third kappa shape index (κ3) is 8.41. The van der Waals surface area contributed by atoms with Crippen molar-refractivity contribution < 1.29 is 31.1 Å². The van der Waals surface area contributed by atoms with Crippen LogP contribution in [-0.2, 0) is 37.6 Å². The molecule has 2 aromatic rings. The van der Waals surface area contributed by atoms with Crippen molar-refractivity contribution in [2.75, 3.05) is 69.3 Å². The lowest BCUT2D eigenvalue weighted by atomic mass is 9.63. The molecule has 0 aromatic heterocycles. The maximum Gasteiger partial charge on any atom is 0.264 e. The topological polar surface area (TPSA) is 126 Å². The molecule has 1 N–H and O–H groups in total. The molecule has 1 amide bonds. The summed E-state index contributed by atoms with van der Waals surface area (Å²) in [6.45, 7) is 10.8. The fourth-order valence-corrected chi connectivity index (χ4v) is 11.8. The number of amides is 1. The van der Waals surface area contributed by atoms with Gasteiger partial charge in [0.15, 0.2) is 9.84 Å². The lowest BCUT2D eigenvalue weighted by molar-refractivity contribution is -0.0980. The lowest BCUT2D eigenvalue weighted by Crippen LogP contribution is -2.63. The highest BCUT2D eigenvalue weighted by molar-refractivity contribution is 7.91. The van der Waals surface area contributed by atoms with Gasteiger partial charge in [-0.1, -0.05) is 42.0 Å². The van der Waals surface area contributed by atoms with Crippen LogP contribution in [0.15, 0.2) is 60.7 Å². The summed E-state index contributed by atoms with van der Waals surface area (Å²) in [7, 11) is -5.43. The molecule has 4 aliphatic heterocycles. The predicted octanol–water partition coefficient (Wildman–Crippen LogP) is 4.85. The Kier molecular flexibility index (Phi) is 11.6. The van der Waals surface area contributed by atoms with Crippen molar-refractivity contribution in [1.82, 2.24) is 14.5 Å². The number of anilines is 1. The van der Waals surface area contributed by atoms with Crippen molar-refractivity contribution in [3.8, 4) is 5.75 Å². The van der Waals surface area contributed by atoms with E-state index in [1.807, 2.05) is 24.3 Å². The molecule has 7 rings (SSSR count). The van der Waals surface area contributed by atoms with Crippen LogP contribution in [0, 0.1) is 11.8 Å². The molecule has 4 heterocycles. The van der Waals surface area contributed by atoms with Gasteiger partial charge >= 0.3 is 0 Å². The van der Waals surface area contributed by atoms with Crippen molar-refractivity contribution >= 4 is 43.1 Å². The van der Waals surface area contributed by atoms with Gasteiger partial charge in [0.1, 0.15) is 18.0 Å². The number of carbonyl (C=O) groups is 1. The van der Waals surface area contributed by atoms with E-state index >= 15 is 0 Å². The van der Waals surface area contributed by atoms with Crippen LogP contribution < -0.4 is 14.4 Å². The van der Waals surface area contributed by atoms with E-state index in [0.29, 0.717) is 62.1 Å². The molecule has 2 aromatic carbocycles. The highest BCUT2D eigenvalue weighted by Gasteiger charge is 2.49. The van der Waals surface area contributed by atoms with Crippen LogP contribution in [0.1, 0.15) is 60.5 Å². The third-order valence-corrected chi connectivity index (χ3v) is 16.1. The van der Waals surface area contributed by atoms with E-state index in [9.17, 15) is 21.6 Å². The smallest absolute Gasteiger partial charge is 0.264 e. The van der Waals surface area contributed by atoms with Gasteiger partial charge in [-0.2, -0.15) is 0 Å². The number of hydrogen-bond acceptors (Lipinski definition) is 10. The molecule has 1 saturated carbocycles. The quantitative estimate of drug-likeness (QED) is 0.431. The second-order valence-corrected chi connectivity index (χ2v) is 20.5. The first-order valence-corrected chi connectivity index (χ1v) is 22.9. The summed E-state index contributed by atoms with van der Waals surface area (Å²) in [4.78, 5) is 20.6. The number of ether oxygens (including phenoxy) is 2. The van der Waals surface area contributed by atoms with Gasteiger partial charge in [0.25, 0.3) is 5.91 Å². The van der Waals surface area contributed by atoms with Crippen molar-refractivity contribution in [1.29, 1.82) is 0 Å². The molecule has 54 heavy (non-hydrogen) atoms. The molecule has 0 spiro atoms. The highest BCUT2D eigenvalue weighted by Crippen LogP contribution is 2.47. The Morgan fingerprint density at radius 1 is 1.02 bits per heavy atom. The number of rotatable bonds is 3. The molecule has 3 fully saturated rings. The van der Waals surface area contributed by atoms with E-state index < -0.39 is 36.6 Å². The minimum Gasteiger partial charge on any atom is -0.487 e. The Balaban J connectivity index is 1.25. The Hall–Kier alpha value is -2.94. The van der Waals surface area contributed by atoms with Gasteiger partial charge in [-0.25, -0.2) is 21.6 Å². The average Bonchev–Trinajstić information content (AvgIpc) is 3.14. The summed E-state index contributed by atoms with van der Waals surface area (Å²) in [5.74, 6) is 0.689. The Bertz CT molecular complexity index is 2010. The summed E-state index contributed by atoms with van der Waals surface area (Å²) in [6, 6.07) is 11.0. The third-order valence-electron chi connectivity index (χ3n) is 12.5. The molecule has 11 nitrogen and oxygen atoms in total. The zero-order valence-corrected chi connectivity index (χ0v) is 33.7. The normalized spacial score (nSPS) is 31.3. The Labute approximate surface area is 325 Å². The number of benzene rings is 2. The fourth-order valence-electron chi connectivity index (χ4n) is 8.98. The van der Waals surface area contributed by atoms with Crippen LogP contribution in [0.3, 0.4) is 0 Å². The second kappa shape index (κ2) is 15.9. The molecule has 5 atom stereocenters. The number of halogens is 1. The van der Waals surface area contributed by atoms with E-state index in [0.717, 1.165) is 62.0 Å². The minimum absolute atomic E-state index is 0.0502. The predicted molar refractivity (Wildman–Crippen MR) is 213 cm³/mol. The first-order chi connectivity index (χ1) is 25.8. The van der Waals surface area contributed by atoms with E-state index in [-0.39, 0.29) is 34.9 Å². The van der Waals surface area contributed by atoms with Gasteiger partial charge in [0.05, 0.1) is 22.4 Å². The van der Waals surface area contributed by atoms with Gasteiger partial charge in [0.2, 0.25) is 10.0 Å². The zero-order chi connectivity index (χ0) is 38.3. The molecule has 2 bridgehead atoms. The summed E-state index contributed by atoms with van der Waals surface area (Å²) >= 11 is 6.39. The maximum absolute atomic E-state index is 13.6. The summed E-state index contributed by atoms with van der Waals surface area (Å²) < 4.78 is 67.7. The maximum atomic E-state index is 13.6. The highest BCUT2D eigenvalue weighted by atomic mass is 35.5. The molecular weight excluding hydrogens is 748 g/mol. The SMILES string of the molecule is C=C1C/C=C/[C@@](CN2CCN3CCS(=O)(=O)C[C@H]3C2)(OC)[C@@H]2CC[C@H]2CN2CCCCc3cc(Cl)ccc3COc3ccc(cc32)C(=O)NS(=O)(=O)C1C. The second-order valence-electron chi connectivity index (χ2n) is 15.8. The first-order valence-electron chi connectivity index (χ1n) is 19.2. The number of hydrogen-bond donors (Lipinski definition) is 1. The van der Waals surface area contributed by atoms with Crippen LogP contribution in [0.5, 0.6) is 5.75 Å². The largest absolute Gasteiger partial charge is 0.487 e. The average molecular weight is 801 g/mol. The monoisotopic (exact) mass is 800 g/mol. The number of nitrogens with one attached hydrogen (secondary N) is 1. The molecule has 5 aliphatic rings. The number of carbonyl (C=O) groups excluding carboxylic acids is 1. The number of aryl methyl sites for hydroxylation is 1. The minimum atomic E-state index is -4.10. The van der Waals surface area contributed by atoms with E-state index in [1.54, 1.807) is 32.2 Å². The van der Waals surface area contributed by atoms with Crippen molar-refractivity contribution in [2.45, 2.75) is 68.9 Å². The fraction of sp³-hybridized carbons (Fsp3) is 0.575. The van der Waals surface area contributed by atoms with Gasteiger partial charge in [-0.3, -0.25) is 14.6 Å². The first kappa shape index (κ1) is 39.3. The van der Waals surface area contributed by atoms with Gasteiger partial charge < -0.3 is 14.4 Å². The summed E-state index contributed by atoms with van der Waals surface area (Å²) in [6.07, 6.45) is 8.99. The number of piperazine rings is 1. The Morgan fingerprint density at radius 2 is 1.85 bits per heavy atom. The van der Waals surface area contributed by atoms with E-state index in [4.69, 9.17) is 21.1 Å². The number of fused-ring (bicyclic) bond motifs is 4. The molecule has 14 heteroatoms. The molecule has 1 aliphatic carbocycles. The van der Waals surface area contributed by atoms with Crippen LogP contribution in [0.4, 0.5) is 5.69 Å². The molecule has 2 saturated heterocycles. The number of allylic oxidation sites excluding steroid dienone is 1. The number of sulfonamides is 1. The van der Waals surface area contributed by atoms with Crippen molar-refractivity contribution in [2.24, 2.45) is 11.8 Å². The molecular formula is C40H53ClN4O7S2. The number of sulfone groups is 1. The van der Waals surface area contributed by atoms with Crippen LogP contribution >= 0.6 is 11.6 Å².